The molecule has 0 radical (unpaired) electrons. The quantitative estimate of drug-likeness (QED) is 0.163. The number of carbonyl (C=O) groups excluding carboxylic acids is 4. The summed E-state index contributed by atoms with van der Waals surface area (Å²) in [6, 6.07) is 0. The van der Waals surface area contributed by atoms with Crippen molar-refractivity contribution in [2.24, 2.45) is 11.8 Å². The summed E-state index contributed by atoms with van der Waals surface area (Å²) in [5, 5.41) is -2.35. The molecule has 0 aromatic heterocycles. The molecule has 0 fully saturated rings. The zero-order chi connectivity index (χ0) is 23.3. The molecule has 11 heteroatoms. The largest absolute Gasteiger partial charge is 1.00 e. The fourth-order valence-corrected chi connectivity index (χ4v) is 3.46. The van der Waals surface area contributed by atoms with Crippen LogP contribution < -0.4 is 29.6 Å². The molecule has 176 valence electrons. The van der Waals surface area contributed by atoms with Gasteiger partial charge < -0.3 is 10.9 Å². The summed E-state index contributed by atoms with van der Waals surface area (Å²) in [5.74, 6) is -5.73. The second-order valence-electron chi connectivity index (χ2n) is 7.24. The van der Waals surface area contributed by atoms with Crippen LogP contribution in [0.3, 0.4) is 0 Å². The Hall–Kier alpha value is -0.810. The third-order valence-electron chi connectivity index (χ3n) is 4.85. The van der Waals surface area contributed by atoms with E-state index in [0.29, 0.717) is 32.1 Å². The summed E-state index contributed by atoms with van der Waals surface area (Å²) in [5.41, 5.74) is 0. The fourth-order valence-electron chi connectivity index (χ4n) is 2.83. The van der Waals surface area contributed by atoms with Crippen LogP contribution in [0.5, 0.6) is 0 Å². The van der Waals surface area contributed by atoms with Gasteiger partial charge in [-0.2, -0.15) is 8.42 Å². The van der Waals surface area contributed by atoms with E-state index in [9.17, 15) is 32.1 Å². The molecule has 0 bridgehead atoms. The van der Waals surface area contributed by atoms with E-state index in [4.69, 9.17) is 0 Å². The summed E-state index contributed by atoms with van der Waals surface area (Å²) in [6.45, 7) is 7.34. The minimum Gasteiger partial charge on any atom is -1.00 e. The molecule has 0 aromatic carbocycles. The maximum absolute atomic E-state index is 12.2. The Labute approximate surface area is 208 Å². The molecular weight excluding hydrogens is 439 g/mol. The smallest absolute Gasteiger partial charge is 1.00 e. The zero-order valence-corrected chi connectivity index (χ0v) is 22.0. The van der Waals surface area contributed by atoms with Crippen LogP contribution in [-0.2, 0) is 38.8 Å². The second kappa shape index (κ2) is 16.8. The van der Waals surface area contributed by atoms with E-state index in [1.807, 2.05) is 13.8 Å². The van der Waals surface area contributed by atoms with Gasteiger partial charge in [0.2, 0.25) is 0 Å². The van der Waals surface area contributed by atoms with Gasteiger partial charge in [0.25, 0.3) is 10.1 Å². The van der Waals surface area contributed by atoms with E-state index in [1.165, 1.54) is 0 Å². The fraction of sp³-hybridized carbons (Fsp3) is 0.800. The third kappa shape index (κ3) is 12.7. The summed E-state index contributed by atoms with van der Waals surface area (Å²) in [7, 11) is -5.07. The van der Waals surface area contributed by atoms with Gasteiger partial charge in [-0.3, -0.25) is 23.7 Å². The van der Waals surface area contributed by atoms with Crippen LogP contribution in [0.2, 0.25) is 0 Å². The molecule has 0 heterocycles. The molecule has 1 N–H and O–H groups in total. The van der Waals surface area contributed by atoms with Gasteiger partial charge >= 0.3 is 53.4 Å². The number of hydrogen-bond acceptors (Lipinski definition) is 8. The van der Waals surface area contributed by atoms with Crippen molar-refractivity contribution in [2.75, 3.05) is 0 Å². The molecule has 0 rings (SSSR count). The molecule has 0 aliphatic carbocycles. The first-order valence-electron chi connectivity index (χ1n) is 10.5. The third-order valence-corrected chi connectivity index (χ3v) is 5.93. The molecule has 3 unspecified atom stereocenters. The van der Waals surface area contributed by atoms with Crippen molar-refractivity contribution in [3.8, 4) is 0 Å². The molecule has 3 atom stereocenters. The average Bonchev–Trinajstić information content (AvgIpc) is 2.66. The van der Waals surface area contributed by atoms with Crippen molar-refractivity contribution >= 4 is 34.0 Å². The number of rotatable bonds is 14. The maximum atomic E-state index is 12.2. The Bertz CT molecular complexity index is 697. The Kier molecular flexibility index (Phi) is 17.5. The number of esters is 4. The van der Waals surface area contributed by atoms with Crippen molar-refractivity contribution < 1.29 is 72.6 Å². The van der Waals surface area contributed by atoms with Crippen LogP contribution in [-0.4, -0.2) is 42.1 Å². The first kappa shape index (κ1) is 32.4. The molecule has 0 aromatic rings. The van der Waals surface area contributed by atoms with Crippen molar-refractivity contribution in [2.45, 2.75) is 90.7 Å². The zero-order valence-electron chi connectivity index (χ0n) is 20.2. The molecule has 0 aliphatic heterocycles. The van der Waals surface area contributed by atoms with Gasteiger partial charge in [-0.1, -0.05) is 53.4 Å². The van der Waals surface area contributed by atoms with Gasteiger partial charge in [0, 0.05) is 0 Å². The Balaban J connectivity index is -0.00000420. The predicted octanol–water partition coefficient (Wildman–Crippen LogP) is 0.322. The topological polar surface area (TPSA) is 141 Å². The standard InChI is InChI=1S/C20H34O9S.Na.H/c1-5-9-11-14(7-3)18(22)28-17(21)13-16(30(25,26)27)20(24)29-19(23)15(8-4)12-10-6-2;;/h14-16H,5-13H2,1-4H3,(H,25,26,27);;/q;+1;-1. The Morgan fingerprint density at radius 3 is 1.58 bits per heavy atom. The molecule has 0 amide bonds. The Morgan fingerprint density at radius 1 is 0.806 bits per heavy atom. The Morgan fingerprint density at radius 2 is 1.23 bits per heavy atom. The van der Waals surface area contributed by atoms with Gasteiger partial charge in [0.1, 0.15) is 0 Å². The minimum atomic E-state index is -5.07. The average molecular weight is 475 g/mol. The van der Waals surface area contributed by atoms with E-state index in [2.05, 4.69) is 9.47 Å². The summed E-state index contributed by atoms with van der Waals surface area (Å²) in [6.07, 6.45) is 3.79. The monoisotopic (exact) mass is 474 g/mol. The van der Waals surface area contributed by atoms with Gasteiger partial charge in [0.15, 0.2) is 5.25 Å². The van der Waals surface area contributed by atoms with Crippen molar-refractivity contribution in [3.63, 3.8) is 0 Å². The summed E-state index contributed by atoms with van der Waals surface area (Å²) >= 11 is 0. The van der Waals surface area contributed by atoms with E-state index >= 15 is 0 Å². The van der Waals surface area contributed by atoms with E-state index < -0.39 is 57.5 Å². The number of unbranched alkanes of at least 4 members (excludes halogenated alkanes) is 2. The van der Waals surface area contributed by atoms with E-state index in [-0.39, 0.29) is 31.0 Å². The van der Waals surface area contributed by atoms with Gasteiger partial charge in [-0.25, -0.2) is 0 Å². The number of ether oxygens (including phenoxy) is 2. The molecule has 0 saturated heterocycles. The van der Waals surface area contributed by atoms with Crippen LogP contribution in [0.15, 0.2) is 0 Å². The SMILES string of the molecule is CCCCC(CC)C(=O)OC(=O)CC(C(=O)OC(=O)C(CC)CCCC)S(=O)(=O)O.[H-].[Na+]. The second-order valence-corrected chi connectivity index (χ2v) is 8.83. The molecule has 9 nitrogen and oxygen atoms in total. The van der Waals surface area contributed by atoms with Gasteiger partial charge in [-0.05, 0) is 25.7 Å². The molecule has 0 spiro atoms. The van der Waals surface area contributed by atoms with Crippen LogP contribution in [0.1, 0.15) is 86.9 Å². The van der Waals surface area contributed by atoms with Crippen LogP contribution >= 0.6 is 0 Å². The van der Waals surface area contributed by atoms with Crippen molar-refractivity contribution in [1.82, 2.24) is 0 Å². The van der Waals surface area contributed by atoms with Crippen LogP contribution in [0.4, 0.5) is 0 Å². The molecular formula is C20H35NaO9S. The van der Waals surface area contributed by atoms with Crippen LogP contribution in [0, 0.1) is 11.8 Å². The van der Waals surface area contributed by atoms with Crippen LogP contribution in [0.25, 0.3) is 0 Å². The van der Waals surface area contributed by atoms with Gasteiger partial charge in [0.05, 0.1) is 18.3 Å². The normalized spacial score (nSPS) is 14.0. The summed E-state index contributed by atoms with van der Waals surface area (Å²) < 4.78 is 41.7. The van der Waals surface area contributed by atoms with E-state index in [0.717, 1.165) is 19.3 Å². The first-order valence-corrected chi connectivity index (χ1v) is 12.0. The van der Waals surface area contributed by atoms with Crippen molar-refractivity contribution in [1.29, 1.82) is 0 Å². The van der Waals surface area contributed by atoms with Gasteiger partial charge in [-0.15, -0.1) is 0 Å². The minimum absolute atomic E-state index is 0. The molecule has 0 saturated carbocycles. The number of carbonyl (C=O) groups is 4. The number of hydrogen-bond donors (Lipinski definition) is 1. The summed E-state index contributed by atoms with van der Waals surface area (Å²) in [4.78, 5) is 48.4. The molecule has 31 heavy (non-hydrogen) atoms. The van der Waals surface area contributed by atoms with E-state index in [1.54, 1.807) is 13.8 Å². The predicted molar refractivity (Wildman–Crippen MR) is 110 cm³/mol. The first-order chi connectivity index (χ1) is 14.0. The molecule has 0 aliphatic rings. The maximum Gasteiger partial charge on any atom is 1.00 e. The van der Waals surface area contributed by atoms with Crippen molar-refractivity contribution in [3.05, 3.63) is 0 Å².